The number of nitrogens with one attached hydrogen (secondary N) is 1. The SMILES string of the molecule is Brc1ccccn1.C.CC1=C(c2ccc(CC(=O)c3ccncc3F)cc2)CN(c2ccccn2)CC1.CC1=C(c2ccc(CC(=O)c3ccncc3F)cc2)CNCC1.[H-].[K+]. The Hall–Kier alpha value is -4.40. The van der Waals surface area contributed by atoms with Crippen molar-refractivity contribution in [2.45, 2.75) is 47.0 Å². The van der Waals surface area contributed by atoms with Gasteiger partial charge in [0.15, 0.2) is 23.2 Å². The number of halogens is 3. The van der Waals surface area contributed by atoms with Crippen molar-refractivity contribution in [1.29, 1.82) is 0 Å². The Labute approximate surface area is 410 Å². The minimum atomic E-state index is -0.577. The monoisotopic (exact) mass is 910 g/mol. The zero-order valence-corrected chi connectivity index (χ0v) is 38.8. The van der Waals surface area contributed by atoms with E-state index in [0.717, 1.165) is 78.5 Å². The summed E-state index contributed by atoms with van der Waals surface area (Å²) in [6.07, 6.45) is 11.0. The second kappa shape index (κ2) is 24.9. The van der Waals surface area contributed by atoms with E-state index in [1.807, 2.05) is 91.1 Å². The van der Waals surface area contributed by atoms with Gasteiger partial charge in [0.25, 0.3) is 0 Å². The molecule has 0 saturated heterocycles. The van der Waals surface area contributed by atoms with Gasteiger partial charge in [-0.05, 0) is 119 Å². The first-order valence-electron chi connectivity index (χ1n) is 19.4. The third kappa shape index (κ3) is 14.3. The van der Waals surface area contributed by atoms with E-state index >= 15 is 0 Å². The summed E-state index contributed by atoms with van der Waals surface area (Å²) in [5, 5.41) is 3.38. The summed E-state index contributed by atoms with van der Waals surface area (Å²) in [6, 6.07) is 30.5. The Morgan fingerprint density at radius 2 is 1.21 bits per heavy atom. The molecule has 8 nitrogen and oxygen atoms in total. The van der Waals surface area contributed by atoms with Crippen molar-refractivity contribution in [3.8, 4) is 0 Å². The van der Waals surface area contributed by atoms with Gasteiger partial charge in [-0.1, -0.05) is 79.2 Å². The standard InChI is InChI=1S/C24H22FN3O.C19H19FN2O.C5H4BrN.CH4.K.H/c1-17-10-13-28(24-4-2-3-11-27-24)16-21(17)19-7-5-18(6-8-19)14-23(29)20-9-12-26-15-22(20)25;1-13-6-8-21-11-17(13)15-4-2-14(3-5-15)10-19(23)16-7-9-22-12-18(16)20;6-5-3-1-2-4-7-5;;;/h2-9,11-12,15H,10,13-14,16H2,1H3;2-5,7,9,12,21H,6,8,10-11H2,1H3;1-4H;1H4;;/q;;;;+1;-1. The van der Waals surface area contributed by atoms with E-state index < -0.39 is 11.6 Å². The fourth-order valence-corrected chi connectivity index (χ4v) is 7.10. The van der Waals surface area contributed by atoms with Gasteiger partial charge in [-0.15, -0.1) is 0 Å². The van der Waals surface area contributed by atoms with Crippen LogP contribution < -0.4 is 61.6 Å². The molecule has 0 fully saturated rings. The maximum atomic E-state index is 13.8. The van der Waals surface area contributed by atoms with Crippen molar-refractivity contribution in [3.05, 3.63) is 195 Å². The largest absolute Gasteiger partial charge is 1.00 e. The normalized spacial score (nSPS) is 13.4. The number of benzene rings is 2. The van der Waals surface area contributed by atoms with Crippen LogP contribution in [0.5, 0.6) is 0 Å². The molecular weight excluding hydrogens is 862 g/mol. The summed E-state index contributed by atoms with van der Waals surface area (Å²) in [5.74, 6) is -0.631. The quantitative estimate of drug-likeness (QED) is 0.0895. The summed E-state index contributed by atoms with van der Waals surface area (Å²) >= 11 is 3.20. The molecule has 8 rings (SSSR count). The molecule has 310 valence electrons. The first-order valence-corrected chi connectivity index (χ1v) is 20.2. The van der Waals surface area contributed by atoms with E-state index in [-0.39, 0.29) is 95.8 Å². The molecule has 6 heterocycles. The number of rotatable bonds is 9. The number of hydrogen-bond acceptors (Lipinski definition) is 8. The van der Waals surface area contributed by atoms with Gasteiger partial charge in [0.2, 0.25) is 0 Å². The van der Waals surface area contributed by atoms with E-state index in [0.29, 0.717) is 0 Å². The van der Waals surface area contributed by atoms with Gasteiger partial charge in [0.1, 0.15) is 10.4 Å². The number of carbonyl (C=O) groups excluding carboxylic acids is 2. The molecular formula is C49H50BrF2KN6O2. The summed E-state index contributed by atoms with van der Waals surface area (Å²) in [4.78, 5) is 42.6. The van der Waals surface area contributed by atoms with E-state index in [9.17, 15) is 18.4 Å². The van der Waals surface area contributed by atoms with Crippen LogP contribution in [0.15, 0.2) is 150 Å². The molecule has 2 aliphatic rings. The van der Waals surface area contributed by atoms with Gasteiger partial charge >= 0.3 is 51.4 Å². The average molecular weight is 912 g/mol. The zero-order valence-electron chi connectivity index (χ0n) is 35.0. The van der Waals surface area contributed by atoms with Crippen molar-refractivity contribution in [3.63, 3.8) is 0 Å². The molecule has 0 atom stereocenters. The first-order chi connectivity index (χ1) is 28.7. The van der Waals surface area contributed by atoms with Crippen LogP contribution in [0.4, 0.5) is 14.6 Å². The number of carbonyl (C=O) groups is 2. The number of Topliss-reactive ketones (excluding diaryl/α,β-unsaturated/α-hetero) is 2. The Balaban J connectivity index is 0.000000278. The van der Waals surface area contributed by atoms with Crippen LogP contribution in [0.25, 0.3) is 11.1 Å². The van der Waals surface area contributed by atoms with Crippen molar-refractivity contribution >= 4 is 44.5 Å². The number of pyridine rings is 4. The van der Waals surface area contributed by atoms with Crippen molar-refractivity contribution in [2.24, 2.45) is 0 Å². The molecule has 0 aliphatic carbocycles. The van der Waals surface area contributed by atoms with Crippen molar-refractivity contribution in [2.75, 3.05) is 31.1 Å². The molecule has 0 amide bonds. The van der Waals surface area contributed by atoms with Crippen molar-refractivity contribution < 1.29 is 71.2 Å². The topological polar surface area (TPSA) is 101 Å². The van der Waals surface area contributed by atoms with Crippen LogP contribution in [-0.2, 0) is 12.8 Å². The van der Waals surface area contributed by atoms with Crippen LogP contribution in [0.2, 0.25) is 0 Å². The predicted molar refractivity (Wildman–Crippen MR) is 241 cm³/mol. The van der Waals surface area contributed by atoms with Crippen LogP contribution in [-0.4, -0.2) is 57.7 Å². The minimum Gasteiger partial charge on any atom is -1.00 e. The van der Waals surface area contributed by atoms with Crippen LogP contribution in [0.3, 0.4) is 0 Å². The first kappa shape index (κ1) is 49.3. The van der Waals surface area contributed by atoms with E-state index in [1.54, 1.807) is 6.20 Å². The molecule has 0 bridgehead atoms. The third-order valence-corrected chi connectivity index (χ3v) is 10.7. The number of aromatic nitrogens is 4. The molecule has 0 saturated carbocycles. The van der Waals surface area contributed by atoms with Crippen LogP contribution in [0.1, 0.15) is 78.5 Å². The maximum Gasteiger partial charge on any atom is 1.00 e. The smallest absolute Gasteiger partial charge is 1.00 e. The maximum absolute atomic E-state index is 13.8. The fourth-order valence-electron chi connectivity index (χ4n) is 6.83. The molecule has 6 aromatic rings. The molecule has 0 unspecified atom stereocenters. The van der Waals surface area contributed by atoms with Gasteiger partial charge in [-0.3, -0.25) is 19.6 Å². The molecule has 1 N–H and O–H groups in total. The van der Waals surface area contributed by atoms with Gasteiger partial charge in [0, 0.05) is 57.3 Å². The van der Waals surface area contributed by atoms with Crippen molar-refractivity contribution in [1.82, 2.24) is 25.3 Å². The Kier molecular flexibility index (Phi) is 20.1. The number of ketones is 2. The fraction of sp³-hybridized carbons (Fsp3) is 0.224. The summed E-state index contributed by atoms with van der Waals surface area (Å²) in [5.41, 5.74) is 9.67. The molecule has 4 aromatic heterocycles. The second-order valence-corrected chi connectivity index (χ2v) is 15.1. The summed E-state index contributed by atoms with van der Waals surface area (Å²) < 4.78 is 28.3. The summed E-state index contributed by atoms with van der Waals surface area (Å²) in [7, 11) is 0. The van der Waals surface area contributed by atoms with Gasteiger partial charge < -0.3 is 11.6 Å². The number of anilines is 1. The number of nitrogens with zero attached hydrogens (tertiary/aromatic N) is 5. The Morgan fingerprint density at radius 3 is 1.67 bits per heavy atom. The van der Waals surface area contributed by atoms with E-state index in [4.69, 9.17) is 0 Å². The van der Waals surface area contributed by atoms with E-state index in [1.165, 1.54) is 52.4 Å². The van der Waals surface area contributed by atoms with Gasteiger partial charge in [-0.25, -0.2) is 18.7 Å². The van der Waals surface area contributed by atoms with Crippen LogP contribution >= 0.6 is 15.9 Å². The summed E-state index contributed by atoms with van der Waals surface area (Å²) in [6.45, 7) is 8.01. The molecule has 0 spiro atoms. The molecule has 0 radical (unpaired) electrons. The van der Waals surface area contributed by atoms with Gasteiger partial charge in [-0.2, -0.15) is 0 Å². The molecule has 61 heavy (non-hydrogen) atoms. The minimum absolute atomic E-state index is 0. The third-order valence-electron chi connectivity index (χ3n) is 10.2. The second-order valence-electron chi connectivity index (χ2n) is 14.3. The molecule has 2 aromatic carbocycles. The average Bonchev–Trinajstić information content (AvgIpc) is 3.26. The Bertz CT molecular complexity index is 2420. The van der Waals surface area contributed by atoms with Gasteiger partial charge in [0.05, 0.1) is 23.5 Å². The number of hydrogen-bond donors (Lipinski definition) is 1. The molecule has 2 aliphatic heterocycles. The predicted octanol–water partition coefficient (Wildman–Crippen LogP) is 7.73. The van der Waals surface area contributed by atoms with Crippen LogP contribution in [0, 0.1) is 11.6 Å². The zero-order chi connectivity index (χ0) is 41.6. The molecule has 12 heteroatoms. The van der Waals surface area contributed by atoms with E-state index in [2.05, 4.69) is 59.9 Å². The Morgan fingerprint density at radius 1 is 0.689 bits per heavy atom.